The zero-order valence-corrected chi connectivity index (χ0v) is 11.3. The number of hydrogen-bond acceptors (Lipinski definition) is 2. The van der Waals surface area contributed by atoms with E-state index < -0.39 is 21.6 Å². The summed E-state index contributed by atoms with van der Waals surface area (Å²) in [5.74, 6) is 0. The monoisotopic (exact) mass is 303 g/mol. The van der Waals surface area contributed by atoms with Crippen LogP contribution in [0.15, 0.2) is 42.5 Å². The average molecular weight is 303 g/mol. The molecule has 0 aliphatic heterocycles. The number of nitrogens with one attached hydrogen (secondary N) is 1. The van der Waals surface area contributed by atoms with Gasteiger partial charge in [-0.25, -0.2) is 13.1 Å². The Labute approximate surface area is 114 Å². The molecule has 0 fully saturated rings. The van der Waals surface area contributed by atoms with Crippen LogP contribution in [0.25, 0.3) is 10.8 Å². The minimum absolute atomic E-state index is 0.469. The van der Waals surface area contributed by atoms with E-state index in [-0.39, 0.29) is 0 Å². The van der Waals surface area contributed by atoms with Gasteiger partial charge in [0.25, 0.3) is 0 Å². The number of fused-ring (bicyclic) bond motifs is 1. The average Bonchev–Trinajstić information content (AvgIpc) is 2.36. The van der Waals surface area contributed by atoms with E-state index >= 15 is 0 Å². The Balaban J connectivity index is 2.30. The maximum atomic E-state index is 12.3. The maximum Gasteiger partial charge on any atom is 0.511 e. The molecule has 0 amide bonds. The topological polar surface area (TPSA) is 46.2 Å². The number of hydrogen-bond donors (Lipinski definition) is 1. The lowest BCUT2D eigenvalue weighted by Gasteiger charge is -2.16. The molecule has 2 rings (SSSR count). The summed E-state index contributed by atoms with van der Waals surface area (Å²) in [5.41, 5.74) is -4.84. The molecule has 2 aromatic carbocycles. The minimum Gasteiger partial charge on any atom is -0.203 e. The van der Waals surface area contributed by atoms with Crippen LogP contribution < -0.4 is 4.72 Å². The van der Waals surface area contributed by atoms with Crippen LogP contribution in [-0.2, 0) is 10.0 Å². The SMILES string of the molecule is C[C@H](NS(=O)(=O)C(F)(F)F)c1ccc2ccccc2c1. The first-order valence-electron chi connectivity index (χ1n) is 5.78. The summed E-state index contributed by atoms with van der Waals surface area (Å²) >= 11 is 0. The Kier molecular flexibility index (Phi) is 3.75. The predicted molar refractivity (Wildman–Crippen MR) is 70.5 cm³/mol. The molecule has 0 spiro atoms. The van der Waals surface area contributed by atoms with E-state index in [0.717, 1.165) is 10.8 Å². The molecule has 0 bridgehead atoms. The molecule has 0 unspecified atom stereocenters. The number of benzene rings is 2. The van der Waals surface area contributed by atoms with E-state index in [1.54, 1.807) is 29.0 Å². The van der Waals surface area contributed by atoms with Crippen LogP contribution in [0.3, 0.4) is 0 Å². The molecule has 0 aliphatic rings. The summed E-state index contributed by atoms with van der Waals surface area (Å²) in [4.78, 5) is 0. The van der Waals surface area contributed by atoms with Gasteiger partial charge in [-0.3, -0.25) is 0 Å². The fraction of sp³-hybridized carbons (Fsp3) is 0.231. The van der Waals surface area contributed by atoms with Crippen LogP contribution in [0.5, 0.6) is 0 Å². The third kappa shape index (κ3) is 2.94. The van der Waals surface area contributed by atoms with Crippen molar-refractivity contribution in [2.75, 3.05) is 0 Å². The van der Waals surface area contributed by atoms with Crippen molar-refractivity contribution in [1.29, 1.82) is 0 Å². The Hall–Kier alpha value is -1.60. The lowest BCUT2D eigenvalue weighted by molar-refractivity contribution is -0.0450. The van der Waals surface area contributed by atoms with Gasteiger partial charge in [0, 0.05) is 6.04 Å². The molecule has 1 atom stereocenters. The molecule has 0 heterocycles. The van der Waals surface area contributed by atoms with Gasteiger partial charge in [0.1, 0.15) is 0 Å². The molecule has 1 N–H and O–H groups in total. The van der Waals surface area contributed by atoms with Gasteiger partial charge in [-0.1, -0.05) is 36.4 Å². The quantitative estimate of drug-likeness (QED) is 0.945. The smallest absolute Gasteiger partial charge is 0.203 e. The third-order valence-corrected chi connectivity index (χ3v) is 4.18. The van der Waals surface area contributed by atoms with Crippen molar-refractivity contribution >= 4 is 20.8 Å². The highest BCUT2D eigenvalue weighted by molar-refractivity contribution is 7.90. The highest BCUT2D eigenvalue weighted by Crippen LogP contribution is 2.26. The van der Waals surface area contributed by atoms with Gasteiger partial charge in [-0.15, -0.1) is 0 Å². The minimum atomic E-state index is -5.35. The summed E-state index contributed by atoms with van der Waals surface area (Å²) in [6, 6.07) is 11.4. The van der Waals surface area contributed by atoms with Crippen LogP contribution in [0.4, 0.5) is 13.2 Å². The molecular weight excluding hydrogens is 291 g/mol. The molecule has 2 aromatic rings. The summed E-state index contributed by atoms with van der Waals surface area (Å²) < 4.78 is 60.7. The first kappa shape index (κ1) is 14.8. The summed E-state index contributed by atoms with van der Waals surface area (Å²) in [6.07, 6.45) is 0. The Bertz CT molecular complexity index is 726. The highest BCUT2D eigenvalue weighted by Gasteiger charge is 2.46. The van der Waals surface area contributed by atoms with Crippen molar-refractivity contribution in [2.24, 2.45) is 0 Å². The molecule has 0 radical (unpaired) electrons. The largest absolute Gasteiger partial charge is 0.511 e. The van der Waals surface area contributed by atoms with Gasteiger partial charge in [0.15, 0.2) is 0 Å². The normalized spacial score (nSPS) is 14.4. The van der Waals surface area contributed by atoms with Gasteiger partial charge < -0.3 is 0 Å². The van der Waals surface area contributed by atoms with Crippen molar-refractivity contribution in [1.82, 2.24) is 4.72 Å². The van der Waals surface area contributed by atoms with E-state index in [0.29, 0.717) is 5.56 Å². The van der Waals surface area contributed by atoms with Gasteiger partial charge in [0.05, 0.1) is 0 Å². The Morgan fingerprint density at radius 1 is 1.05 bits per heavy atom. The molecule has 0 saturated heterocycles. The number of rotatable bonds is 3. The Morgan fingerprint density at radius 3 is 2.25 bits per heavy atom. The second-order valence-corrected chi connectivity index (χ2v) is 6.10. The van der Waals surface area contributed by atoms with E-state index in [1.165, 1.54) is 6.92 Å². The number of alkyl halides is 3. The second-order valence-electron chi connectivity index (χ2n) is 4.40. The molecule has 108 valence electrons. The van der Waals surface area contributed by atoms with Gasteiger partial charge >= 0.3 is 15.5 Å². The Morgan fingerprint density at radius 2 is 1.65 bits per heavy atom. The van der Waals surface area contributed by atoms with Crippen molar-refractivity contribution in [3.63, 3.8) is 0 Å². The van der Waals surface area contributed by atoms with Gasteiger partial charge in [-0.05, 0) is 29.3 Å². The second kappa shape index (κ2) is 5.06. The fourth-order valence-corrected chi connectivity index (χ4v) is 2.58. The number of halogens is 3. The lowest BCUT2D eigenvalue weighted by atomic mass is 10.0. The molecule has 3 nitrogen and oxygen atoms in total. The molecular formula is C13H12F3NO2S. The van der Waals surface area contributed by atoms with Crippen LogP contribution in [0.2, 0.25) is 0 Å². The molecule has 0 saturated carbocycles. The fourth-order valence-electron chi connectivity index (χ4n) is 1.84. The zero-order valence-electron chi connectivity index (χ0n) is 10.5. The van der Waals surface area contributed by atoms with E-state index in [1.807, 2.05) is 18.2 Å². The van der Waals surface area contributed by atoms with Crippen molar-refractivity contribution in [2.45, 2.75) is 18.5 Å². The van der Waals surface area contributed by atoms with Crippen LogP contribution in [0, 0.1) is 0 Å². The standard InChI is InChI=1S/C13H12F3NO2S/c1-9(17-20(18,19)13(14,15)16)11-7-6-10-4-2-3-5-12(10)8-11/h2-9,17H,1H3/t9-/m0/s1. The summed E-state index contributed by atoms with van der Waals surface area (Å²) in [7, 11) is -5.35. The van der Waals surface area contributed by atoms with E-state index in [4.69, 9.17) is 0 Å². The maximum absolute atomic E-state index is 12.3. The van der Waals surface area contributed by atoms with E-state index in [2.05, 4.69) is 0 Å². The number of sulfonamides is 1. The molecule has 7 heteroatoms. The predicted octanol–water partition coefficient (Wildman–Crippen LogP) is 3.34. The van der Waals surface area contributed by atoms with E-state index in [9.17, 15) is 21.6 Å². The summed E-state index contributed by atoms with van der Waals surface area (Å²) in [6.45, 7) is 1.37. The van der Waals surface area contributed by atoms with Crippen molar-refractivity contribution in [3.05, 3.63) is 48.0 Å². The summed E-state index contributed by atoms with van der Waals surface area (Å²) in [5, 5.41) is 1.77. The first-order chi connectivity index (χ1) is 9.21. The van der Waals surface area contributed by atoms with Crippen LogP contribution >= 0.6 is 0 Å². The molecule has 0 aromatic heterocycles. The van der Waals surface area contributed by atoms with Crippen LogP contribution in [0.1, 0.15) is 18.5 Å². The zero-order chi connectivity index (χ0) is 15.0. The molecule has 0 aliphatic carbocycles. The lowest BCUT2D eigenvalue weighted by Crippen LogP contribution is -2.37. The molecule has 20 heavy (non-hydrogen) atoms. The van der Waals surface area contributed by atoms with Crippen LogP contribution in [-0.4, -0.2) is 13.9 Å². The van der Waals surface area contributed by atoms with Crippen molar-refractivity contribution in [3.8, 4) is 0 Å². The third-order valence-electron chi connectivity index (χ3n) is 2.91. The van der Waals surface area contributed by atoms with Gasteiger partial charge in [0.2, 0.25) is 0 Å². The van der Waals surface area contributed by atoms with Crippen molar-refractivity contribution < 1.29 is 21.6 Å². The first-order valence-corrected chi connectivity index (χ1v) is 7.26. The highest BCUT2D eigenvalue weighted by atomic mass is 32.2. The van der Waals surface area contributed by atoms with Gasteiger partial charge in [-0.2, -0.15) is 13.2 Å².